The molecule has 0 saturated carbocycles. The number of benzene rings is 2. The topological polar surface area (TPSA) is 82.5 Å². The SMILES string of the molecule is COc1ccc(NC(=O)Cn2nc(-c3cc(C)ccc3C)c3c(c2=O)CCCC3)c(OC)c1. The van der Waals surface area contributed by atoms with Crippen LogP contribution in [0.25, 0.3) is 11.3 Å². The fraction of sp³-hybridized carbons (Fsp3) is 0.346. The van der Waals surface area contributed by atoms with Crippen molar-refractivity contribution in [3.05, 3.63) is 69.0 Å². The van der Waals surface area contributed by atoms with Crippen LogP contribution in [0.1, 0.15) is 35.1 Å². The van der Waals surface area contributed by atoms with Gasteiger partial charge in [0.05, 0.1) is 25.6 Å². The Bertz CT molecular complexity index is 1260. The van der Waals surface area contributed by atoms with Gasteiger partial charge in [0, 0.05) is 17.2 Å². The van der Waals surface area contributed by atoms with Gasteiger partial charge in [0.2, 0.25) is 5.91 Å². The number of nitrogens with one attached hydrogen (secondary N) is 1. The molecular weight excluding hydrogens is 418 g/mol. The molecule has 7 nitrogen and oxygen atoms in total. The Morgan fingerprint density at radius 3 is 2.52 bits per heavy atom. The molecule has 1 aliphatic rings. The standard InChI is InChI=1S/C26H29N3O4/c1-16-9-10-17(2)21(13-16)25-19-7-5-6-8-20(19)26(31)29(28-25)15-24(30)27-22-12-11-18(32-3)14-23(22)33-4/h9-14H,5-8,15H2,1-4H3,(H,27,30). The molecule has 0 spiro atoms. The van der Waals surface area contributed by atoms with E-state index in [-0.39, 0.29) is 18.0 Å². The van der Waals surface area contributed by atoms with Crippen LogP contribution in [-0.2, 0) is 24.2 Å². The van der Waals surface area contributed by atoms with E-state index in [1.165, 1.54) is 11.8 Å². The summed E-state index contributed by atoms with van der Waals surface area (Å²) in [5.41, 5.74) is 6.16. The van der Waals surface area contributed by atoms with Gasteiger partial charge < -0.3 is 14.8 Å². The number of aromatic nitrogens is 2. The first-order chi connectivity index (χ1) is 15.9. The van der Waals surface area contributed by atoms with Crippen molar-refractivity contribution in [2.75, 3.05) is 19.5 Å². The van der Waals surface area contributed by atoms with E-state index in [9.17, 15) is 9.59 Å². The molecule has 1 heterocycles. The second-order valence-corrected chi connectivity index (χ2v) is 8.41. The van der Waals surface area contributed by atoms with Crippen molar-refractivity contribution in [3.8, 4) is 22.8 Å². The fourth-order valence-electron chi connectivity index (χ4n) is 4.33. The molecule has 1 aromatic heterocycles. The van der Waals surface area contributed by atoms with Gasteiger partial charge in [0.25, 0.3) is 5.56 Å². The zero-order chi connectivity index (χ0) is 23.5. The molecule has 0 atom stereocenters. The number of hydrogen-bond donors (Lipinski definition) is 1. The quantitative estimate of drug-likeness (QED) is 0.616. The molecule has 1 N–H and O–H groups in total. The van der Waals surface area contributed by atoms with Crippen LogP contribution in [0.2, 0.25) is 0 Å². The second kappa shape index (κ2) is 9.48. The van der Waals surface area contributed by atoms with Crippen LogP contribution < -0.4 is 20.3 Å². The molecule has 2 aromatic carbocycles. The van der Waals surface area contributed by atoms with Gasteiger partial charge in [-0.2, -0.15) is 5.10 Å². The van der Waals surface area contributed by atoms with Gasteiger partial charge >= 0.3 is 0 Å². The van der Waals surface area contributed by atoms with Crippen LogP contribution in [0.3, 0.4) is 0 Å². The van der Waals surface area contributed by atoms with Crippen molar-refractivity contribution < 1.29 is 14.3 Å². The third-order valence-corrected chi connectivity index (χ3v) is 6.09. The van der Waals surface area contributed by atoms with E-state index >= 15 is 0 Å². The molecule has 4 rings (SSSR count). The van der Waals surface area contributed by atoms with Crippen molar-refractivity contribution >= 4 is 11.6 Å². The number of anilines is 1. The van der Waals surface area contributed by atoms with Crippen LogP contribution in [0.4, 0.5) is 5.69 Å². The Kier molecular flexibility index (Phi) is 6.49. The lowest BCUT2D eigenvalue weighted by molar-refractivity contribution is -0.117. The van der Waals surface area contributed by atoms with Crippen molar-refractivity contribution in [2.24, 2.45) is 0 Å². The van der Waals surface area contributed by atoms with Gasteiger partial charge in [0.1, 0.15) is 18.0 Å². The molecule has 0 aliphatic heterocycles. The third kappa shape index (κ3) is 4.62. The minimum atomic E-state index is -0.351. The monoisotopic (exact) mass is 447 g/mol. The molecule has 1 aliphatic carbocycles. The number of hydrogen-bond acceptors (Lipinski definition) is 5. The molecule has 7 heteroatoms. The fourth-order valence-corrected chi connectivity index (χ4v) is 4.33. The number of nitrogens with zero attached hydrogens (tertiary/aromatic N) is 2. The smallest absolute Gasteiger partial charge is 0.270 e. The van der Waals surface area contributed by atoms with E-state index in [2.05, 4.69) is 23.5 Å². The molecule has 0 unspecified atom stereocenters. The largest absolute Gasteiger partial charge is 0.497 e. The summed E-state index contributed by atoms with van der Waals surface area (Å²) in [6.45, 7) is 3.91. The zero-order valence-electron chi connectivity index (χ0n) is 19.5. The molecule has 33 heavy (non-hydrogen) atoms. The lowest BCUT2D eigenvalue weighted by Crippen LogP contribution is -2.34. The Morgan fingerprint density at radius 2 is 1.79 bits per heavy atom. The highest BCUT2D eigenvalue weighted by Gasteiger charge is 2.23. The number of carbonyl (C=O) groups is 1. The van der Waals surface area contributed by atoms with Crippen molar-refractivity contribution in [2.45, 2.75) is 46.1 Å². The minimum absolute atomic E-state index is 0.181. The minimum Gasteiger partial charge on any atom is -0.497 e. The van der Waals surface area contributed by atoms with Gasteiger partial charge in [-0.25, -0.2) is 4.68 Å². The number of fused-ring (bicyclic) bond motifs is 1. The molecule has 0 bridgehead atoms. The number of carbonyl (C=O) groups excluding carboxylic acids is 1. The lowest BCUT2D eigenvalue weighted by Gasteiger charge is -2.21. The highest BCUT2D eigenvalue weighted by atomic mass is 16.5. The van der Waals surface area contributed by atoms with Gasteiger partial charge in [-0.05, 0) is 68.9 Å². The van der Waals surface area contributed by atoms with E-state index in [0.717, 1.165) is 52.8 Å². The van der Waals surface area contributed by atoms with E-state index in [1.807, 2.05) is 13.8 Å². The van der Waals surface area contributed by atoms with E-state index in [1.54, 1.807) is 25.3 Å². The van der Waals surface area contributed by atoms with Crippen LogP contribution >= 0.6 is 0 Å². The van der Waals surface area contributed by atoms with Crippen LogP contribution in [0.15, 0.2) is 41.2 Å². The molecule has 0 radical (unpaired) electrons. The van der Waals surface area contributed by atoms with Crippen molar-refractivity contribution in [1.82, 2.24) is 9.78 Å². The maximum absolute atomic E-state index is 13.2. The third-order valence-electron chi connectivity index (χ3n) is 6.09. The van der Waals surface area contributed by atoms with E-state index in [0.29, 0.717) is 23.6 Å². The normalized spacial score (nSPS) is 12.7. The number of rotatable bonds is 6. The van der Waals surface area contributed by atoms with Crippen molar-refractivity contribution in [3.63, 3.8) is 0 Å². The van der Waals surface area contributed by atoms with Gasteiger partial charge in [0.15, 0.2) is 0 Å². The summed E-state index contributed by atoms with van der Waals surface area (Å²) in [7, 11) is 3.09. The first-order valence-electron chi connectivity index (χ1n) is 11.1. The van der Waals surface area contributed by atoms with Crippen molar-refractivity contribution in [1.29, 1.82) is 0 Å². The Labute approximate surface area is 193 Å². The molecule has 1 amide bonds. The second-order valence-electron chi connectivity index (χ2n) is 8.41. The maximum atomic E-state index is 13.2. The summed E-state index contributed by atoms with van der Waals surface area (Å²) in [5, 5.41) is 7.53. The maximum Gasteiger partial charge on any atom is 0.270 e. The predicted octanol–water partition coefficient (Wildman–Crippen LogP) is 4.06. The van der Waals surface area contributed by atoms with Gasteiger partial charge in [-0.1, -0.05) is 17.7 Å². The summed E-state index contributed by atoms with van der Waals surface area (Å²) in [5.74, 6) is 0.746. The van der Waals surface area contributed by atoms with Crippen LogP contribution in [0, 0.1) is 13.8 Å². The average Bonchev–Trinajstić information content (AvgIpc) is 2.82. The van der Waals surface area contributed by atoms with Crippen LogP contribution in [0.5, 0.6) is 11.5 Å². The number of methoxy groups -OCH3 is 2. The molecule has 172 valence electrons. The lowest BCUT2D eigenvalue weighted by atomic mass is 9.88. The number of aryl methyl sites for hydroxylation is 2. The average molecular weight is 448 g/mol. The summed E-state index contributed by atoms with van der Waals surface area (Å²) in [6, 6.07) is 11.4. The molecule has 0 fully saturated rings. The Morgan fingerprint density at radius 1 is 1.03 bits per heavy atom. The molecular formula is C26H29N3O4. The summed E-state index contributed by atoms with van der Waals surface area (Å²) >= 11 is 0. The predicted molar refractivity (Wildman–Crippen MR) is 128 cm³/mol. The number of amides is 1. The van der Waals surface area contributed by atoms with Crippen LogP contribution in [-0.4, -0.2) is 29.9 Å². The molecule has 0 saturated heterocycles. The first kappa shape index (κ1) is 22.6. The zero-order valence-corrected chi connectivity index (χ0v) is 19.5. The van der Waals surface area contributed by atoms with Gasteiger partial charge in [-0.15, -0.1) is 0 Å². The molecule has 3 aromatic rings. The van der Waals surface area contributed by atoms with E-state index < -0.39 is 0 Å². The summed E-state index contributed by atoms with van der Waals surface area (Å²) in [4.78, 5) is 26.1. The summed E-state index contributed by atoms with van der Waals surface area (Å²) in [6.07, 6.45) is 3.54. The Hall–Kier alpha value is -3.61. The highest BCUT2D eigenvalue weighted by Crippen LogP contribution is 2.31. The van der Waals surface area contributed by atoms with Gasteiger partial charge in [-0.3, -0.25) is 9.59 Å². The Balaban J connectivity index is 1.71. The number of ether oxygens (including phenoxy) is 2. The first-order valence-corrected chi connectivity index (χ1v) is 11.1. The highest BCUT2D eigenvalue weighted by molar-refractivity contribution is 5.92. The summed E-state index contributed by atoms with van der Waals surface area (Å²) < 4.78 is 11.9. The van der Waals surface area contributed by atoms with E-state index in [4.69, 9.17) is 14.6 Å².